The number of rotatable bonds is 5. The molecule has 2 aromatic rings. The highest BCUT2D eigenvalue weighted by atomic mass is 19.1. The Balaban J connectivity index is 1.40. The lowest BCUT2D eigenvalue weighted by Gasteiger charge is -2.19. The van der Waals surface area contributed by atoms with Crippen LogP contribution in [0, 0.1) is 5.82 Å². The SMILES string of the molecule is O=C(Nc1ccc(N2CCCC2)c(F)c1)c1ccc(CN2C(=O)CCC2=O)cc1. The first-order valence-electron chi connectivity index (χ1n) is 9.79. The third kappa shape index (κ3) is 4.13. The topological polar surface area (TPSA) is 69.7 Å². The molecule has 0 spiro atoms. The zero-order chi connectivity index (χ0) is 20.4. The Morgan fingerprint density at radius 3 is 2.24 bits per heavy atom. The number of halogens is 1. The van der Waals surface area contributed by atoms with Gasteiger partial charge in [0.25, 0.3) is 5.91 Å². The maximum absolute atomic E-state index is 14.4. The first kappa shape index (κ1) is 19.1. The third-order valence-corrected chi connectivity index (χ3v) is 5.36. The molecule has 0 aliphatic carbocycles. The van der Waals surface area contributed by atoms with Crippen LogP contribution in [0.4, 0.5) is 15.8 Å². The second-order valence-electron chi connectivity index (χ2n) is 7.39. The van der Waals surface area contributed by atoms with E-state index in [1.807, 2.05) is 4.90 Å². The van der Waals surface area contributed by atoms with E-state index < -0.39 is 0 Å². The van der Waals surface area contributed by atoms with E-state index in [0.29, 0.717) is 16.9 Å². The minimum atomic E-state index is -0.349. The number of anilines is 2. The van der Waals surface area contributed by atoms with Gasteiger partial charge < -0.3 is 10.2 Å². The molecule has 0 aromatic heterocycles. The van der Waals surface area contributed by atoms with Gasteiger partial charge >= 0.3 is 0 Å². The first-order valence-corrected chi connectivity index (χ1v) is 9.79. The highest BCUT2D eigenvalue weighted by molar-refractivity contribution is 6.04. The number of likely N-dealkylation sites (tertiary alicyclic amines) is 1. The summed E-state index contributed by atoms with van der Waals surface area (Å²) in [4.78, 5) is 39.1. The molecule has 0 unspecified atom stereocenters. The number of amides is 3. The van der Waals surface area contributed by atoms with Crippen LogP contribution in [-0.4, -0.2) is 35.7 Å². The number of imide groups is 1. The van der Waals surface area contributed by atoms with Crippen molar-refractivity contribution >= 4 is 29.1 Å². The summed E-state index contributed by atoms with van der Waals surface area (Å²) in [5.41, 5.74) is 2.15. The molecule has 150 valence electrons. The van der Waals surface area contributed by atoms with Gasteiger partial charge in [0.1, 0.15) is 5.82 Å². The molecule has 0 bridgehead atoms. The lowest BCUT2D eigenvalue weighted by atomic mass is 10.1. The number of nitrogens with one attached hydrogen (secondary N) is 1. The van der Waals surface area contributed by atoms with Crippen molar-refractivity contribution in [1.82, 2.24) is 4.90 Å². The van der Waals surface area contributed by atoms with Gasteiger partial charge in [-0.05, 0) is 48.7 Å². The molecule has 3 amide bonds. The lowest BCUT2D eigenvalue weighted by Crippen LogP contribution is -2.28. The summed E-state index contributed by atoms with van der Waals surface area (Å²) in [6.45, 7) is 1.91. The van der Waals surface area contributed by atoms with Crippen LogP contribution in [0.5, 0.6) is 0 Å². The van der Waals surface area contributed by atoms with Gasteiger partial charge in [0.05, 0.1) is 12.2 Å². The molecular formula is C22H22FN3O3. The predicted molar refractivity (Wildman–Crippen MR) is 107 cm³/mol. The molecule has 1 N–H and O–H groups in total. The Labute approximate surface area is 168 Å². The Morgan fingerprint density at radius 2 is 1.62 bits per heavy atom. The maximum atomic E-state index is 14.4. The molecule has 7 heteroatoms. The van der Waals surface area contributed by atoms with E-state index in [2.05, 4.69) is 5.32 Å². The molecule has 6 nitrogen and oxygen atoms in total. The molecule has 2 aromatic carbocycles. The van der Waals surface area contributed by atoms with Crippen LogP contribution >= 0.6 is 0 Å². The summed E-state index contributed by atoms with van der Waals surface area (Å²) in [6, 6.07) is 11.4. The van der Waals surface area contributed by atoms with Crippen molar-refractivity contribution in [2.75, 3.05) is 23.3 Å². The van der Waals surface area contributed by atoms with Gasteiger partial charge in [-0.2, -0.15) is 0 Å². The molecule has 0 saturated carbocycles. The van der Waals surface area contributed by atoms with Crippen molar-refractivity contribution in [1.29, 1.82) is 0 Å². The summed E-state index contributed by atoms with van der Waals surface area (Å²) < 4.78 is 14.4. The van der Waals surface area contributed by atoms with Crippen LogP contribution in [0.15, 0.2) is 42.5 Å². The van der Waals surface area contributed by atoms with Crippen LogP contribution in [0.3, 0.4) is 0 Å². The fourth-order valence-electron chi connectivity index (χ4n) is 3.75. The number of carbonyl (C=O) groups is 3. The highest BCUT2D eigenvalue weighted by Gasteiger charge is 2.28. The van der Waals surface area contributed by atoms with Crippen LogP contribution < -0.4 is 10.2 Å². The van der Waals surface area contributed by atoms with Gasteiger partial charge in [0, 0.05) is 37.2 Å². The van der Waals surface area contributed by atoms with Crippen molar-refractivity contribution < 1.29 is 18.8 Å². The van der Waals surface area contributed by atoms with Crippen molar-refractivity contribution in [2.45, 2.75) is 32.2 Å². The van der Waals surface area contributed by atoms with Gasteiger partial charge in [-0.1, -0.05) is 12.1 Å². The van der Waals surface area contributed by atoms with Crippen LogP contribution in [0.2, 0.25) is 0 Å². The number of carbonyl (C=O) groups excluding carboxylic acids is 3. The fraction of sp³-hybridized carbons (Fsp3) is 0.318. The summed E-state index contributed by atoms with van der Waals surface area (Å²) in [5.74, 6) is -1.04. The normalized spacial score (nSPS) is 16.6. The zero-order valence-corrected chi connectivity index (χ0v) is 16.0. The van der Waals surface area contributed by atoms with E-state index in [0.717, 1.165) is 31.5 Å². The second-order valence-corrected chi connectivity index (χ2v) is 7.39. The van der Waals surface area contributed by atoms with Gasteiger partial charge in [0.2, 0.25) is 11.8 Å². The van der Waals surface area contributed by atoms with E-state index in [-0.39, 0.29) is 42.9 Å². The predicted octanol–water partition coefficient (Wildman–Crippen LogP) is 3.33. The van der Waals surface area contributed by atoms with Gasteiger partial charge in [0.15, 0.2) is 0 Å². The zero-order valence-electron chi connectivity index (χ0n) is 16.0. The first-order chi connectivity index (χ1) is 14.0. The number of hydrogen-bond donors (Lipinski definition) is 1. The Hall–Kier alpha value is -3.22. The molecule has 29 heavy (non-hydrogen) atoms. The largest absolute Gasteiger partial charge is 0.369 e. The number of hydrogen-bond acceptors (Lipinski definition) is 4. The van der Waals surface area contributed by atoms with Gasteiger partial charge in [-0.25, -0.2) is 4.39 Å². The number of nitrogens with zero attached hydrogens (tertiary/aromatic N) is 2. The van der Waals surface area contributed by atoms with Crippen molar-refractivity contribution in [3.8, 4) is 0 Å². The average Bonchev–Trinajstić information content (AvgIpc) is 3.34. The summed E-state index contributed by atoms with van der Waals surface area (Å²) in [6.07, 6.45) is 2.64. The quantitative estimate of drug-likeness (QED) is 0.789. The monoisotopic (exact) mass is 395 g/mol. The van der Waals surface area contributed by atoms with Crippen molar-refractivity contribution in [3.05, 3.63) is 59.4 Å². The number of benzene rings is 2. The maximum Gasteiger partial charge on any atom is 0.255 e. The summed E-state index contributed by atoms with van der Waals surface area (Å²) in [5, 5.41) is 2.71. The molecule has 2 aliphatic rings. The Morgan fingerprint density at radius 1 is 0.966 bits per heavy atom. The highest BCUT2D eigenvalue weighted by Crippen LogP contribution is 2.26. The molecule has 2 saturated heterocycles. The molecule has 2 heterocycles. The smallest absolute Gasteiger partial charge is 0.255 e. The van der Waals surface area contributed by atoms with E-state index in [1.54, 1.807) is 36.4 Å². The average molecular weight is 395 g/mol. The molecule has 0 radical (unpaired) electrons. The molecule has 2 fully saturated rings. The second kappa shape index (κ2) is 8.03. The fourth-order valence-corrected chi connectivity index (χ4v) is 3.75. The molecular weight excluding hydrogens is 373 g/mol. The standard InChI is InChI=1S/C22H22FN3O3/c23-18-13-17(7-8-19(18)25-11-1-2-12-25)24-22(29)16-5-3-15(4-6-16)14-26-20(27)9-10-21(26)28/h3-8,13H,1-2,9-12,14H2,(H,24,29). The van der Waals surface area contributed by atoms with Gasteiger partial charge in [-0.15, -0.1) is 0 Å². The molecule has 0 atom stereocenters. The minimum absolute atomic E-state index is 0.170. The minimum Gasteiger partial charge on any atom is -0.369 e. The Bertz CT molecular complexity index is 936. The lowest BCUT2D eigenvalue weighted by molar-refractivity contribution is -0.139. The van der Waals surface area contributed by atoms with Crippen LogP contribution in [-0.2, 0) is 16.1 Å². The van der Waals surface area contributed by atoms with E-state index in [9.17, 15) is 18.8 Å². The molecule has 4 rings (SSSR count). The van der Waals surface area contributed by atoms with E-state index in [1.165, 1.54) is 11.0 Å². The summed E-state index contributed by atoms with van der Waals surface area (Å²) >= 11 is 0. The van der Waals surface area contributed by atoms with E-state index >= 15 is 0 Å². The van der Waals surface area contributed by atoms with Crippen molar-refractivity contribution in [2.24, 2.45) is 0 Å². The van der Waals surface area contributed by atoms with Crippen LogP contribution in [0.1, 0.15) is 41.6 Å². The Kier molecular flexibility index (Phi) is 5.29. The van der Waals surface area contributed by atoms with Crippen molar-refractivity contribution in [3.63, 3.8) is 0 Å². The molecule has 2 aliphatic heterocycles. The third-order valence-electron chi connectivity index (χ3n) is 5.36. The van der Waals surface area contributed by atoms with Crippen LogP contribution in [0.25, 0.3) is 0 Å². The van der Waals surface area contributed by atoms with E-state index in [4.69, 9.17) is 0 Å². The van der Waals surface area contributed by atoms with Gasteiger partial charge in [-0.3, -0.25) is 19.3 Å². The summed E-state index contributed by atoms with van der Waals surface area (Å²) in [7, 11) is 0.